The number of hydrogen-bond donors (Lipinski definition) is 2. The Hall–Kier alpha value is -5.85. The molecule has 0 bridgehead atoms. The van der Waals surface area contributed by atoms with Crippen LogP contribution >= 0.6 is 0 Å². The molecule has 1 aliphatic rings. The molecule has 13 nitrogen and oxygen atoms in total. The molecule has 3 aromatic carbocycles. The van der Waals surface area contributed by atoms with Gasteiger partial charge >= 0.3 is 12.1 Å². The second-order valence-corrected chi connectivity index (χ2v) is 10.0. The van der Waals surface area contributed by atoms with E-state index in [9.17, 15) is 19.2 Å². The summed E-state index contributed by atoms with van der Waals surface area (Å²) in [4.78, 5) is 55.9. The number of pyridine rings is 2. The highest BCUT2D eigenvalue weighted by Crippen LogP contribution is 2.40. The van der Waals surface area contributed by atoms with E-state index in [1.807, 2.05) is 0 Å². The predicted molar refractivity (Wildman–Crippen MR) is 161 cm³/mol. The molecule has 0 spiro atoms. The van der Waals surface area contributed by atoms with Crippen molar-refractivity contribution in [3.8, 4) is 23.0 Å². The molecule has 2 N–H and O–H groups in total. The van der Waals surface area contributed by atoms with E-state index in [-0.39, 0.29) is 47.8 Å². The van der Waals surface area contributed by atoms with Crippen molar-refractivity contribution in [1.29, 1.82) is 0 Å². The van der Waals surface area contributed by atoms with Crippen molar-refractivity contribution >= 4 is 61.9 Å². The molecule has 0 fully saturated rings. The Labute approximate surface area is 249 Å². The predicted octanol–water partition coefficient (Wildman–Crippen LogP) is 4.42. The molecule has 3 heterocycles. The maximum Gasteiger partial charge on any atom is 0.419 e. The maximum atomic E-state index is 13.7. The molecule has 0 radical (unpaired) electrons. The number of aliphatic carboxylic acids is 1. The largest absolute Gasteiger partial charge is 0.493 e. The van der Waals surface area contributed by atoms with Gasteiger partial charge in [0, 0.05) is 48.9 Å². The lowest BCUT2D eigenvalue weighted by atomic mass is 10.0. The molecule has 6 rings (SSSR count). The van der Waals surface area contributed by atoms with Crippen LogP contribution in [-0.4, -0.2) is 53.6 Å². The van der Waals surface area contributed by atoms with Crippen LogP contribution in [0.2, 0.25) is 0 Å². The van der Waals surface area contributed by atoms with Crippen molar-refractivity contribution in [3.05, 3.63) is 65.1 Å². The van der Waals surface area contributed by atoms with Crippen molar-refractivity contribution in [2.45, 2.75) is 12.8 Å². The number of carboxylic acids is 1. The molecular weight excluding hydrogens is 572 g/mol. The molecule has 2 amide bonds. The fourth-order valence-corrected chi connectivity index (χ4v) is 5.17. The minimum atomic E-state index is -1.10. The lowest BCUT2D eigenvalue weighted by Gasteiger charge is -2.21. The number of ether oxygens (including phenoxy) is 4. The summed E-state index contributed by atoms with van der Waals surface area (Å²) in [7, 11) is 4.52. The number of nitrogens with one attached hydrogen (secondary N) is 1. The Morgan fingerprint density at radius 1 is 1.00 bits per heavy atom. The zero-order valence-electron chi connectivity index (χ0n) is 23.9. The Balaban J connectivity index is 1.37. The first-order valence-corrected chi connectivity index (χ1v) is 13.4. The second kappa shape index (κ2) is 11.1. The van der Waals surface area contributed by atoms with Gasteiger partial charge in [0.15, 0.2) is 23.0 Å². The number of aromatic nitrogens is 2. The lowest BCUT2D eigenvalue weighted by molar-refractivity contribution is -0.138. The van der Waals surface area contributed by atoms with Crippen LogP contribution in [0.5, 0.6) is 23.0 Å². The third-order valence-corrected chi connectivity index (χ3v) is 7.37. The van der Waals surface area contributed by atoms with E-state index in [0.717, 1.165) is 0 Å². The maximum absolute atomic E-state index is 13.7. The number of carbonyl (C=O) groups is 3. The van der Waals surface area contributed by atoms with Crippen molar-refractivity contribution < 1.29 is 38.4 Å². The fraction of sp³-hybridized carbons (Fsp3) is 0.194. The fourth-order valence-electron chi connectivity index (χ4n) is 5.17. The van der Waals surface area contributed by atoms with Gasteiger partial charge in [0.1, 0.15) is 0 Å². The van der Waals surface area contributed by atoms with E-state index in [2.05, 4.69) is 10.3 Å². The molecule has 44 heavy (non-hydrogen) atoms. The highest BCUT2D eigenvalue weighted by atomic mass is 16.7. The lowest BCUT2D eigenvalue weighted by Crippen LogP contribution is -2.30. The number of anilines is 2. The number of methoxy groups -OCH3 is 1. The summed E-state index contributed by atoms with van der Waals surface area (Å²) in [6.45, 7) is 0.104. The molecule has 5 aromatic rings. The second-order valence-electron chi connectivity index (χ2n) is 10.0. The quantitative estimate of drug-likeness (QED) is 0.257. The number of hydrogen-bond acceptors (Lipinski definition) is 9. The van der Waals surface area contributed by atoms with E-state index in [4.69, 9.17) is 24.1 Å². The summed E-state index contributed by atoms with van der Waals surface area (Å²) in [5.74, 6) is -0.267. The van der Waals surface area contributed by atoms with Crippen LogP contribution in [0.3, 0.4) is 0 Å². The van der Waals surface area contributed by atoms with Crippen LogP contribution in [0, 0.1) is 0 Å². The van der Waals surface area contributed by atoms with Gasteiger partial charge in [-0.2, -0.15) is 0 Å². The van der Waals surface area contributed by atoms with Crippen molar-refractivity contribution in [2.24, 2.45) is 7.05 Å². The van der Waals surface area contributed by atoms with Gasteiger partial charge in [0.2, 0.25) is 12.7 Å². The number of aryl methyl sites for hydroxylation is 1. The third kappa shape index (κ3) is 4.93. The molecule has 0 saturated heterocycles. The van der Waals surface area contributed by atoms with Gasteiger partial charge < -0.3 is 33.9 Å². The van der Waals surface area contributed by atoms with E-state index in [0.29, 0.717) is 44.4 Å². The summed E-state index contributed by atoms with van der Waals surface area (Å²) in [6, 6.07) is 13.1. The number of carbonyl (C=O) groups excluding carboxylic acids is 2. The Morgan fingerprint density at radius 3 is 2.48 bits per heavy atom. The summed E-state index contributed by atoms with van der Waals surface area (Å²) < 4.78 is 23.8. The monoisotopic (exact) mass is 598 g/mol. The number of benzene rings is 3. The number of para-hydroxylation sites is 2. The standard InChI is InChI=1S/C31H26N4O9/c1-34(22-7-5-4-6-20(22)33-27(36)8-9-28(37)38)31(40)44-26-11-17-16(10-23(26)41-3)19-14-32-21-13-25-24(42-15-43-25)12-18(21)29(19)35(2)30(17)39/h4-7,10-14H,8-9,15H2,1-3H3,(H,33,36)(H,37,38). The Bertz CT molecular complexity index is 2070. The van der Waals surface area contributed by atoms with Crippen LogP contribution in [0.15, 0.2) is 59.5 Å². The minimum Gasteiger partial charge on any atom is -0.493 e. The first kappa shape index (κ1) is 28.3. The summed E-state index contributed by atoms with van der Waals surface area (Å²) in [6.07, 6.45) is 0.282. The molecule has 224 valence electrons. The Morgan fingerprint density at radius 2 is 1.73 bits per heavy atom. The van der Waals surface area contributed by atoms with E-state index < -0.39 is 18.0 Å². The van der Waals surface area contributed by atoms with E-state index >= 15 is 0 Å². The van der Waals surface area contributed by atoms with Gasteiger partial charge in [0.25, 0.3) is 5.56 Å². The molecule has 0 aliphatic carbocycles. The van der Waals surface area contributed by atoms with Gasteiger partial charge in [-0.05, 0) is 30.3 Å². The molecule has 2 aromatic heterocycles. The molecule has 0 unspecified atom stereocenters. The topological polar surface area (TPSA) is 159 Å². The number of nitrogens with zero attached hydrogens (tertiary/aromatic N) is 3. The SMILES string of the molecule is COc1cc2c(cc1OC(=O)N(C)c1ccccc1NC(=O)CCC(=O)O)c(=O)n(C)c1c3cc4c(cc3ncc21)OCO4. The average molecular weight is 599 g/mol. The minimum absolute atomic E-state index is 0.00777. The zero-order valence-corrected chi connectivity index (χ0v) is 23.9. The average Bonchev–Trinajstić information content (AvgIpc) is 3.48. The van der Waals surface area contributed by atoms with Gasteiger partial charge in [0.05, 0.1) is 41.3 Å². The normalized spacial score (nSPS) is 12.0. The number of amides is 2. The van der Waals surface area contributed by atoms with Gasteiger partial charge in [-0.25, -0.2) is 4.79 Å². The van der Waals surface area contributed by atoms with Crippen LogP contribution < -0.4 is 34.7 Å². The van der Waals surface area contributed by atoms with E-state index in [1.54, 1.807) is 55.7 Å². The Kier molecular flexibility index (Phi) is 7.13. The van der Waals surface area contributed by atoms with Gasteiger partial charge in [-0.15, -0.1) is 0 Å². The van der Waals surface area contributed by atoms with Crippen molar-refractivity contribution in [2.75, 3.05) is 31.2 Å². The number of rotatable bonds is 7. The molecule has 13 heteroatoms. The molecule has 0 saturated carbocycles. The highest BCUT2D eigenvalue weighted by Gasteiger charge is 2.23. The van der Waals surface area contributed by atoms with Crippen LogP contribution in [-0.2, 0) is 16.6 Å². The van der Waals surface area contributed by atoms with E-state index in [1.165, 1.54) is 29.7 Å². The molecule has 1 aliphatic heterocycles. The smallest absolute Gasteiger partial charge is 0.419 e. The van der Waals surface area contributed by atoms with Crippen LogP contribution in [0.1, 0.15) is 12.8 Å². The zero-order chi connectivity index (χ0) is 31.1. The number of fused-ring (bicyclic) bond motifs is 6. The molecule has 0 atom stereocenters. The summed E-state index contributed by atoms with van der Waals surface area (Å²) >= 11 is 0. The van der Waals surface area contributed by atoms with Crippen molar-refractivity contribution in [1.82, 2.24) is 9.55 Å². The molecular formula is C31H26N4O9. The first-order valence-electron chi connectivity index (χ1n) is 13.4. The van der Waals surface area contributed by atoms with Crippen LogP contribution in [0.25, 0.3) is 32.6 Å². The summed E-state index contributed by atoms with van der Waals surface area (Å²) in [5, 5.41) is 13.7. The summed E-state index contributed by atoms with van der Waals surface area (Å²) in [5.41, 5.74) is 1.53. The third-order valence-electron chi connectivity index (χ3n) is 7.37. The van der Waals surface area contributed by atoms with Gasteiger partial charge in [-0.1, -0.05) is 12.1 Å². The van der Waals surface area contributed by atoms with Crippen molar-refractivity contribution in [3.63, 3.8) is 0 Å². The first-order chi connectivity index (χ1) is 21.2. The van der Waals surface area contributed by atoms with Crippen LogP contribution in [0.4, 0.5) is 16.2 Å². The van der Waals surface area contributed by atoms with Gasteiger partial charge in [-0.3, -0.25) is 24.3 Å². The number of carboxylic acid groups (broad SMARTS) is 1. The highest BCUT2D eigenvalue weighted by molar-refractivity contribution is 6.15.